The van der Waals surface area contributed by atoms with E-state index in [-0.39, 0.29) is 30.9 Å². The first-order valence-corrected chi connectivity index (χ1v) is 5.97. The summed E-state index contributed by atoms with van der Waals surface area (Å²) in [5, 5.41) is 5.19. The lowest BCUT2D eigenvalue weighted by Gasteiger charge is -2.15. The Balaban J connectivity index is 2.51. The highest BCUT2D eigenvalue weighted by atomic mass is 16.5. The van der Waals surface area contributed by atoms with Crippen LogP contribution >= 0.6 is 0 Å². The molecule has 0 saturated carbocycles. The van der Waals surface area contributed by atoms with Gasteiger partial charge in [-0.3, -0.25) is 9.59 Å². The number of nitrogens with two attached hydrogens (primary N) is 1. The van der Waals surface area contributed by atoms with E-state index < -0.39 is 0 Å². The van der Waals surface area contributed by atoms with Crippen molar-refractivity contribution < 1.29 is 14.3 Å². The van der Waals surface area contributed by atoms with Crippen LogP contribution in [0.4, 0.5) is 0 Å². The quantitative estimate of drug-likeness (QED) is 0.672. The molecular weight excluding hydrogens is 246 g/mol. The summed E-state index contributed by atoms with van der Waals surface area (Å²) in [7, 11) is 1.59. The number of hydrogen-bond acceptors (Lipinski definition) is 4. The molecule has 0 bridgehead atoms. The molecule has 19 heavy (non-hydrogen) atoms. The second-order valence-electron chi connectivity index (χ2n) is 4.05. The van der Waals surface area contributed by atoms with E-state index in [1.807, 2.05) is 31.2 Å². The summed E-state index contributed by atoms with van der Waals surface area (Å²) in [4.78, 5) is 22.5. The molecule has 0 saturated heterocycles. The zero-order valence-corrected chi connectivity index (χ0v) is 11.1. The van der Waals surface area contributed by atoms with Crippen molar-refractivity contribution in [2.24, 2.45) is 5.73 Å². The number of benzene rings is 1. The van der Waals surface area contributed by atoms with Crippen LogP contribution in [0.1, 0.15) is 18.5 Å². The van der Waals surface area contributed by atoms with Crippen LogP contribution in [0.25, 0.3) is 0 Å². The van der Waals surface area contributed by atoms with E-state index in [9.17, 15) is 9.59 Å². The van der Waals surface area contributed by atoms with Crippen molar-refractivity contribution in [2.75, 3.05) is 20.2 Å². The van der Waals surface area contributed by atoms with E-state index in [4.69, 9.17) is 10.5 Å². The third-order valence-corrected chi connectivity index (χ3v) is 2.60. The maximum absolute atomic E-state index is 11.6. The fourth-order valence-electron chi connectivity index (χ4n) is 1.54. The van der Waals surface area contributed by atoms with Crippen LogP contribution in [-0.2, 0) is 9.59 Å². The Kier molecular flexibility index (Phi) is 5.81. The van der Waals surface area contributed by atoms with Crippen LogP contribution in [0.15, 0.2) is 24.3 Å². The molecule has 1 unspecified atom stereocenters. The van der Waals surface area contributed by atoms with Gasteiger partial charge in [0.2, 0.25) is 11.8 Å². The van der Waals surface area contributed by atoms with E-state index in [2.05, 4.69) is 10.6 Å². The molecule has 0 aliphatic rings. The van der Waals surface area contributed by atoms with Crippen LogP contribution in [0, 0.1) is 0 Å². The summed E-state index contributed by atoms with van der Waals surface area (Å²) in [6.07, 6.45) is 0. The van der Waals surface area contributed by atoms with E-state index in [0.29, 0.717) is 0 Å². The molecular formula is C13H19N3O3. The second kappa shape index (κ2) is 7.38. The Bertz CT molecular complexity index is 449. The molecule has 0 aliphatic heterocycles. The number of methoxy groups -OCH3 is 1. The fraction of sp³-hybridized carbons (Fsp3) is 0.385. The third-order valence-electron chi connectivity index (χ3n) is 2.60. The molecule has 0 fully saturated rings. The Labute approximate surface area is 112 Å². The summed E-state index contributed by atoms with van der Waals surface area (Å²) >= 11 is 0. The second-order valence-corrected chi connectivity index (χ2v) is 4.05. The van der Waals surface area contributed by atoms with E-state index >= 15 is 0 Å². The molecule has 0 radical (unpaired) electrons. The zero-order valence-electron chi connectivity index (χ0n) is 11.1. The molecule has 2 amide bonds. The van der Waals surface area contributed by atoms with Gasteiger partial charge in [-0.15, -0.1) is 0 Å². The van der Waals surface area contributed by atoms with Gasteiger partial charge >= 0.3 is 0 Å². The number of nitrogens with one attached hydrogen (secondary N) is 2. The summed E-state index contributed by atoms with van der Waals surface area (Å²) in [6, 6.07) is 7.26. The lowest BCUT2D eigenvalue weighted by atomic mass is 10.1. The normalized spacial score (nSPS) is 11.5. The van der Waals surface area contributed by atoms with Gasteiger partial charge in [0.05, 0.1) is 26.2 Å². The lowest BCUT2D eigenvalue weighted by Crippen LogP contribution is -2.40. The fourth-order valence-corrected chi connectivity index (χ4v) is 1.54. The van der Waals surface area contributed by atoms with Gasteiger partial charge in [0.15, 0.2) is 0 Å². The van der Waals surface area contributed by atoms with Gasteiger partial charge in [-0.2, -0.15) is 0 Å². The van der Waals surface area contributed by atoms with Crippen LogP contribution < -0.4 is 21.1 Å². The van der Waals surface area contributed by atoms with Gasteiger partial charge in [0.25, 0.3) is 0 Å². The summed E-state index contributed by atoms with van der Waals surface area (Å²) < 4.78 is 5.12. The van der Waals surface area contributed by atoms with Gasteiger partial charge in [0, 0.05) is 0 Å². The van der Waals surface area contributed by atoms with Crippen molar-refractivity contribution >= 4 is 11.8 Å². The maximum atomic E-state index is 11.6. The molecule has 1 rings (SSSR count). The van der Waals surface area contributed by atoms with Crippen molar-refractivity contribution in [3.8, 4) is 5.75 Å². The molecule has 0 heterocycles. The minimum absolute atomic E-state index is 0.0790. The molecule has 6 nitrogen and oxygen atoms in total. The minimum Gasteiger partial charge on any atom is -0.497 e. The van der Waals surface area contributed by atoms with Crippen LogP contribution in [0.5, 0.6) is 5.75 Å². The van der Waals surface area contributed by atoms with Crippen molar-refractivity contribution in [2.45, 2.75) is 13.0 Å². The summed E-state index contributed by atoms with van der Waals surface area (Å²) in [5.41, 5.74) is 6.05. The largest absolute Gasteiger partial charge is 0.497 e. The number of amides is 2. The van der Waals surface area contributed by atoms with Crippen molar-refractivity contribution in [3.63, 3.8) is 0 Å². The van der Waals surface area contributed by atoms with Crippen LogP contribution in [0.3, 0.4) is 0 Å². The number of rotatable bonds is 6. The SMILES string of the molecule is COc1cccc(C(C)NC(=O)CNC(=O)CN)c1. The average Bonchev–Trinajstić information content (AvgIpc) is 2.44. The van der Waals surface area contributed by atoms with Crippen molar-refractivity contribution in [1.82, 2.24) is 10.6 Å². The first kappa shape index (κ1) is 15.0. The lowest BCUT2D eigenvalue weighted by molar-refractivity contribution is -0.125. The molecule has 1 aromatic rings. The molecule has 1 atom stereocenters. The Morgan fingerprint density at radius 2 is 2.11 bits per heavy atom. The Morgan fingerprint density at radius 3 is 2.74 bits per heavy atom. The third kappa shape index (κ3) is 4.97. The van der Waals surface area contributed by atoms with Crippen LogP contribution in [-0.4, -0.2) is 32.0 Å². The first-order valence-electron chi connectivity index (χ1n) is 5.97. The molecule has 4 N–H and O–H groups in total. The van der Waals surface area contributed by atoms with E-state index in [1.165, 1.54) is 0 Å². The van der Waals surface area contributed by atoms with Crippen LogP contribution in [0.2, 0.25) is 0 Å². The predicted octanol–water partition coefficient (Wildman–Crippen LogP) is -0.0527. The Hall–Kier alpha value is -2.08. The van der Waals surface area contributed by atoms with E-state index in [1.54, 1.807) is 7.11 Å². The standard InChI is InChI=1S/C13H19N3O3/c1-9(10-4-3-5-11(6-10)19-2)16-13(18)8-15-12(17)7-14/h3-6,9H,7-8,14H2,1-2H3,(H,15,17)(H,16,18). The Morgan fingerprint density at radius 1 is 1.37 bits per heavy atom. The monoisotopic (exact) mass is 265 g/mol. The molecule has 104 valence electrons. The maximum Gasteiger partial charge on any atom is 0.239 e. The number of ether oxygens (including phenoxy) is 1. The van der Waals surface area contributed by atoms with Gasteiger partial charge in [-0.25, -0.2) is 0 Å². The number of carbonyl (C=O) groups excluding carboxylic acids is 2. The predicted molar refractivity (Wildman–Crippen MR) is 71.6 cm³/mol. The first-order chi connectivity index (χ1) is 9.06. The highest BCUT2D eigenvalue weighted by Crippen LogP contribution is 2.18. The minimum atomic E-state index is -0.357. The zero-order chi connectivity index (χ0) is 14.3. The molecule has 0 spiro atoms. The smallest absolute Gasteiger partial charge is 0.239 e. The number of carbonyl (C=O) groups is 2. The van der Waals surface area contributed by atoms with Gasteiger partial charge in [-0.1, -0.05) is 12.1 Å². The highest BCUT2D eigenvalue weighted by Gasteiger charge is 2.10. The highest BCUT2D eigenvalue weighted by molar-refractivity contribution is 5.85. The molecule has 6 heteroatoms. The van der Waals surface area contributed by atoms with Gasteiger partial charge in [-0.05, 0) is 24.6 Å². The summed E-state index contributed by atoms with van der Waals surface area (Å²) in [6.45, 7) is 1.65. The molecule has 0 aromatic heterocycles. The van der Waals surface area contributed by atoms with Crippen molar-refractivity contribution in [1.29, 1.82) is 0 Å². The molecule has 1 aromatic carbocycles. The molecule has 0 aliphatic carbocycles. The van der Waals surface area contributed by atoms with Gasteiger partial charge < -0.3 is 21.1 Å². The topological polar surface area (TPSA) is 93.5 Å². The average molecular weight is 265 g/mol. The number of hydrogen-bond donors (Lipinski definition) is 3. The van der Waals surface area contributed by atoms with E-state index in [0.717, 1.165) is 11.3 Å². The van der Waals surface area contributed by atoms with Crippen molar-refractivity contribution in [3.05, 3.63) is 29.8 Å². The summed E-state index contributed by atoms with van der Waals surface area (Å²) in [5.74, 6) is 0.108. The van der Waals surface area contributed by atoms with Gasteiger partial charge in [0.1, 0.15) is 5.75 Å².